The van der Waals surface area contributed by atoms with Crippen molar-refractivity contribution in [2.75, 3.05) is 20.6 Å². The standard InChI is InChI=1S/C14H23N5O2S/c1-11-14(12(2)19(17-11)9-8-18(3)4)22(20,21)16-10-13-6-5-7-15-13/h5-7,15-16H,8-10H2,1-4H3. The molecule has 2 N–H and O–H groups in total. The molecule has 0 radical (unpaired) electrons. The second-order valence-corrected chi connectivity index (χ2v) is 7.25. The third kappa shape index (κ3) is 3.76. The van der Waals surface area contributed by atoms with Crippen LogP contribution in [0, 0.1) is 13.8 Å². The number of nitrogens with zero attached hydrogens (tertiary/aromatic N) is 3. The molecule has 7 nitrogen and oxygen atoms in total. The molecule has 0 saturated carbocycles. The molecule has 2 rings (SSSR count). The number of sulfonamides is 1. The summed E-state index contributed by atoms with van der Waals surface area (Å²) in [7, 11) is 0.365. The third-order valence-electron chi connectivity index (χ3n) is 3.46. The molecule has 0 aromatic carbocycles. The van der Waals surface area contributed by atoms with Crippen molar-refractivity contribution in [2.24, 2.45) is 0 Å². The van der Waals surface area contributed by atoms with Gasteiger partial charge in [-0.05, 0) is 40.1 Å². The van der Waals surface area contributed by atoms with Crippen molar-refractivity contribution < 1.29 is 8.42 Å². The van der Waals surface area contributed by atoms with Gasteiger partial charge in [-0.1, -0.05) is 0 Å². The van der Waals surface area contributed by atoms with Gasteiger partial charge in [0.1, 0.15) is 4.90 Å². The van der Waals surface area contributed by atoms with E-state index in [1.165, 1.54) is 0 Å². The van der Waals surface area contributed by atoms with Gasteiger partial charge in [-0.15, -0.1) is 0 Å². The van der Waals surface area contributed by atoms with E-state index < -0.39 is 10.0 Å². The van der Waals surface area contributed by atoms with E-state index in [1.54, 1.807) is 24.7 Å². The Morgan fingerprint density at radius 2 is 2.09 bits per heavy atom. The number of nitrogens with one attached hydrogen (secondary N) is 2. The lowest BCUT2D eigenvalue weighted by atomic mass is 10.4. The molecule has 0 saturated heterocycles. The molecular formula is C14H23N5O2S. The molecule has 0 unspecified atom stereocenters. The Morgan fingerprint density at radius 3 is 2.68 bits per heavy atom. The van der Waals surface area contributed by atoms with E-state index in [2.05, 4.69) is 14.8 Å². The lowest BCUT2D eigenvalue weighted by molar-refractivity contribution is 0.370. The molecule has 0 aliphatic rings. The molecule has 122 valence electrons. The maximum absolute atomic E-state index is 12.5. The predicted molar refractivity (Wildman–Crippen MR) is 85.1 cm³/mol. The highest BCUT2D eigenvalue weighted by atomic mass is 32.2. The maximum Gasteiger partial charge on any atom is 0.244 e. The zero-order chi connectivity index (χ0) is 16.3. The SMILES string of the molecule is Cc1nn(CCN(C)C)c(C)c1S(=O)(=O)NCc1ccc[nH]1. The van der Waals surface area contributed by atoms with Crippen LogP contribution < -0.4 is 4.72 Å². The minimum atomic E-state index is -3.58. The predicted octanol–water partition coefficient (Wildman–Crippen LogP) is 0.868. The van der Waals surface area contributed by atoms with Crippen molar-refractivity contribution in [3.8, 4) is 0 Å². The van der Waals surface area contributed by atoms with E-state index in [0.717, 1.165) is 12.2 Å². The lowest BCUT2D eigenvalue weighted by Gasteiger charge is -2.11. The van der Waals surface area contributed by atoms with Crippen LogP contribution in [0.1, 0.15) is 17.1 Å². The first-order chi connectivity index (χ1) is 10.3. The van der Waals surface area contributed by atoms with E-state index in [4.69, 9.17) is 0 Å². The van der Waals surface area contributed by atoms with Crippen LogP contribution >= 0.6 is 0 Å². The summed E-state index contributed by atoms with van der Waals surface area (Å²) < 4.78 is 29.4. The second kappa shape index (κ2) is 6.64. The summed E-state index contributed by atoms with van der Waals surface area (Å²) in [5, 5.41) is 4.36. The zero-order valence-corrected chi connectivity index (χ0v) is 14.2. The van der Waals surface area contributed by atoms with Crippen LogP contribution in [0.4, 0.5) is 0 Å². The number of aromatic amines is 1. The van der Waals surface area contributed by atoms with Crippen molar-refractivity contribution >= 4 is 10.0 Å². The van der Waals surface area contributed by atoms with Crippen LogP contribution in [-0.2, 0) is 23.1 Å². The fourth-order valence-electron chi connectivity index (χ4n) is 2.30. The average molecular weight is 325 g/mol. The molecule has 22 heavy (non-hydrogen) atoms. The molecule has 0 atom stereocenters. The maximum atomic E-state index is 12.5. The Labute approximate surface area is 131 Å². The molecule has 2 aromatic heterocycles. The van der Waals surface area contributed by atoms with Crippen molar-refractivity contribution in [1.29, 1.82) is 0 Å². The van der Waals surface area contributed by atoms with Gasteiger partial charge in [0.15, 0.2) is 0 Å². The molecular weight excluding hydrogens is 302 g/mol. The molecule has 8 heteroatoms. The Kier molecular flexibility index (Phi) is 5.05. The van der Waals surface area contributed by atoms with Crippen molar-refractivity contribution in [3.05, 3.63) is 35.4 Å². The Bertz CT molecular complexity index is 717. The van der Waals surface area contributed by atoms with Crippen LogP contribution in [0.5, 0.6) is 0 Å². The van der Waals surface area contributed by atoms with Gasteiger partial charge in [0, 0.05) is 18.4 Å². The number of H-pyrrole nitrogens is 1. The first-order valence-corrected chi connectivity index (χ1v) is 8.60. The minimum absolute atomic E-state index is 0.233. The van der Waals surface area contributed by atoms with Gasteiger partial charge in [0.2, 0.25) is 10.0 Å². The normalized spacial score (nSPS) is 12.2. The van der Waals surface area contributed by atoms with E-state index in [0.29, 0.717) is 17.9 Å². The van der Waals surface area contributed by atoms with E-state index >= 15 is 0 Å². The average Bonchev–Trinajstić information content (AvgIpc) is 3.02. The number of hydrogen-bond donors (Lipinski definition) is 2. The summed E-state index contributed by atoms with van der Waals surface area (Å²) in [4.78, 5) is 5.29. The number of aromatic nitrogens is 3. The van der Waals surface area contributed by atoms with Crippen LogP contribution in [0.25, 0.3) is 0 Å². The summed E-state index contributed by atoms with van der Waals surface area (Å²) in [5.41, 5.74) is 2.01. The summed E-state index contributed by atoms with van der Waals surface area (Å²) in [6, 6.07) is 3.67. The summed E-state index contributed by atoms with van der Waals surface area (Å²) in [5.74, 6) is 0. The molecule has 0 aliphatic heterocycles. The molecule has 0 amide bonds. The van der Waals surface area contributed by atoms with Gasteiger partial charge < -0.3 is 9.88 Å². The quantitative estimate of drug-likeness (QED) is 0.791. The molecule has 0 bridgehead atoms. The van der Waals surface area contributed by atoms with Crippen LogP contribution in [0.2, 0.25) is 0 Å². The highest BCUT2D eigenvalue weighted by Crippen LogP contribution is 2.19. The summed E-state index contributed by atoms with van der Waals surface area (Å²) >= 11 is 0. The fourth-order valence-corrected chi connectivity index (χ4v) is 3.72. The Hall–Kier alpha value is -1.64. The van der Waals surface area contributed by atoms with Gasteiger partial charge in [0.05, 0.1) is 24.5 Å². The third-order valence-corrected chi connectivity index (χ3v) is 5.11. The summed E-state index contributed by atoms with van der Waals surface area (Å²) in [6.45, 7) is 5.21. The van der Waals surface area contributed by atoms with Crippen LogP contribution in [0.3, 0.4) is 0 Å². The number of hydrogen-bond acceptors (Lipinski definition) is 4. The molecule has 2 heterocycles. The highest BCUT2D eigenvalue weighted by molar-refractivity contribution is 7.89. The van der Waals surface area contributed by atoms with Crippen molar-refractivity contribution in [3.63, 3.8) is 0 Å². The van der Waals surface area contributed by atoms with Gasteiger partial charge in [-0.3, -0.25) is 4.68 Å². The molecule has 0 fully saturated rings. The fraction of sp³-hybridized carbons (Fsp3) is 0.500. The molecule has 2 aromatic rings. The Morgan fingerprint density at radius 1 is 1.36 bits per heavy atom. The van der Waals surface area contributed by atoms with Gasteiger partial charge in [0.25, 0.3) is 0 Å². The highest BCUT2D eigenvalue weighted by Gasteiger charge is 2.24. The molecule has 0 spiro atoms. The smallest absolute Gasteiger partial charge is 0.244 e. The van der Waals surface area contributed by atoms with Gasteiger partial charge in [-0.25, -0.2) is 13.1 Å². The van der Waals surface area contributed by atoms with E-state index in [1.807, 2.05) is 31.1 Å². The summed E-state index contributed by atoms with van der Waals surface area (Å²) in [6.07, 6.45) is 1.76. The van der Waals surface area contributed by atoms with E-state index in [-0.39, 0.29) is 11.4 Å². The topological polar surface area (TPSA) is 83.0 Å². The minimum Gasteiger partial charge on any atom is -0.364 e. The van der Waals surface area contributed by atoms with Gasteiger partial charge in [-0.2, -0.15) is 5.10 Å². The lowest BCUT2D eigenvalue weighted by Crippen LogP contribution is -2.25. The van der Waals surface area contributed by atoms with Crippen LogP contribution in [0.15, 0.2) is 23.2 Å². The Balaban J connectivity index is 2.19. The second-order valence-electron chi connectivity index (χ2n) is 5.55. The largest absolute Gasteiger partial charge is 0.364 e. The van der Waals surface area contributed by atoms with Crippen LogP contribution in [-0.4, -0.2) is 48.7 Å². The van der Waals surface area contributed by atoms with Gasteiger partial charge >= 0.3 is 0 Å². The van der Waals surface area contributed by atoms with Crippen molar-refractivity contribution in [2.45, 2.75) is 31.8 Å². The number of rotatable bonds is 7. The monoisotopic (exact) mass is 325 g/mol. The molecule has 0 aliphatic carbocycles. The number of aryl methyl sites for hydroxylation is 1. The first-order valence-electron chi connectivity index (χ1n) is 7.12. The first kappa shape index (κ1) is 16.7. The number of likely N-dealkylation sites (N-methyl/N-ethyl adjacent to an activating group) is 1. The zero-order valence-electron chi connectivity index (χ0n) is 13.4. The van der Waals surface area contributed by atoms with E-state index in [9.17, 15) is 8.42 Å². The van der Waals surface area contributed by atoms with Crippen molar-refractivity contribution in [1.82, 2.24) is 24.4 Å².